The first-order valence-electron chi connectivity index (χ1n) is 8.79. The van der Waals surface area contributed by atoms with Gasteiger partial charge in [0.1, 0.15) is 5.84 Å². The number of amides is 1. The van der Waals surface area contributed by atoms with E-state index in [9.17, 15) is 13.2 Å². The van der Waals surface area contributed by atoms with Crippen molar-refractivity contribution in [2.45, 2.75) is 31.6 Å². The van der Waals surface area contributed by atoms with E-state index in [4.69, 9.17) is 0 Å². The minimum atomic E-state index is -3.75. The van der Waals surface area contributed by atoms with Crippen LogP contribution in [0.2, 0.25) is 0 Å². The molecule has 0 saturated carbocycles. The number of nitrogens with one attached hydrogen (secondary N) is 1. The van der Waals surface area contributed by atoms with E-state index in [-0.39, 0.29) is 10.8 Å². The maximum atomic E-state index is 12.5. The molecule has 1 heterocycles. The molecule has 2 aromatic rings. The molecule has 1 aliphatic rings. The molecule has 6 nitrogen and oxygen atoms in total. The molecule has 1 N–H and O–H groups in total. The van der Waals surface area contributed by atoms with Crippen LogP contribution in [-0.2, 0) is 10.0 Å². The van der Waals surface area contributed by atoms with Crippen LogP contribution in [0, 0.1) is 13.8 Å². The average Bonchev–Trinajstić information content (AvgIpc) is 2.98. The molecule has 0 unspecified atom stereocenters. The van der Waals surface area contributed by atoms with Gasteiger partial charge in [-0.15, -0.1) is 4.40 Å². The molecule has 0 atom stereocenters. The Bertz CT molecular complexity index is 975. The molecule has 0 spiro atoms. The summed E-state index contributed by atoms with van der Waals surface area (Å²) in [4.78, 5) is 14.4. The highest BCUT2D eigenvalue weighted by Crippen LogP contribution is 2.20. The number of carbonyl (C=O) groups excluding carboxylic acids is 1. The number of amidine groups is 1. The number of likely N-dealkylation sites (tertiary alicyclic amines) is 1. The quantitative estimate of drug-likeness (QED) is 0.875. The highest BCUT2D eigenvalue weighted by Gasteiger charge is 2.20. The van der Waals surface area contributed by atoms with Gasteiger partial charge in [0.05, 0.1) is 4.90 Å². The topological polar surface area (TPSA) is 78.8 Å². The second-order valence-corrected chi connectivity index (χ2v) is 8.47. The number of nitrogens with zero attached hydrogens (tertiary/aromatic N) is 2. The van der Waals surface area contributed by atoms with Gasteiger partial charge in [0.25, 0.3) is 15.9 Å². The average molecular weight is 385 g/mol. The van der Waals surface area contributed by atoms with Crippen molar-refractivity contribution in [2.75, 3.05) is 18.9 Å². The number of sulfonamides is 1. The Morgan fingerprint density at radius 1 is 1.07 bits per heavy atom. The molecule has 0 aliphatic carbocycles. The summed E-state index contributed by atoms with van der Waals surface area (Å²) in [6.45, 7) is 4.69. The van der Waals surface area contributed by atoms with Crippen LogP contribution >= 0.6 is 0 Å². The third kappa shape index (κ3) is 4.54. The lowest BCUT2D eigenvalue weighted by atomic mass is 10.1. The fourth-order valence-electron chi connectivity index (χ4n) is 3.12. The predicted octanol–water partition coefficient (Wildman–Crippen LogP) is 3.37. The molecular weight excluding hydrogens is 362 g/mol. The van der Waals surface area contributed by atoms with Crippen molar-refractivity contribution >= 4 is 27.5 Å². The van der Waals surface area contributed by atoms with Crippen LogP contribution in [0.25, 0.3) is 0 Å². The Labute approximate surface area is 160 Å². The van der Waals surface area contributed by atoms with Crippen molar-refractivity contribution in [1.82, 2.24) is 4.90 Å². The summed E-state index contributed by atoms with van der Waals surface area (Å²) in [6, 6.07) is 11.7. The summed E-state index contributed by atoms with van der Waals surface area (Å²) in [7, 11) is -1.91. The summed E-state index contributed by atoms with van der Waals surface area (Å²) in [6.07, 6.45) is 1.58. The molecule has 1 fully saturated rings. The van der Waals surface area contributed by atoms with Crippen LogP contribution in [0.5, 0.6) is 0 Å². The van der Waals surface area contributed by atoms with Crippen molar-refractivity contribution in [2.24, 2.45) is 4.40 Å². The monoisotopic (exact) mass is 385 g/mol. The number of anilines is 1. The predicted molar refractivity (Wildman–Crippen MR) is 107 cm³/mol. The fourth-order valence-corrected chi connectivity index (χ4v) is 4.21. The normalized spacial score (nSPS) is 16.0. The van der Waals surface area contributed by atoms with E-state index in [1.165, 1.54) is 12.1 Å². The van der Waals surface area contributed by atoms with Crippen LogP contribution in [0.15, 0.2) is 51.8 Å². The SMILES string of the molecule is Cc1cc(C)cc(C(=O)Nc2ccc(S(=O)(=O)N=C3CCCN3C)cc2)c1. The molecule has 142 valence electrons. The highest BCUT2D eigenvalue weighted by molar-refractivity contribution is 7.90. The van der Waals surface area contributed by atoms with Gasteiger partial charge >= 0.3 is 0 Å². The van der Waals surface area contributed by atoms with Gasteiger partial charge in [-0.2, -0.15) is 8.42 Å². The zero-order valence-corrected chi connectivity index (χ0v) is 16.5. The molecular formula is C20H23N3O3S. The second-order valence-electron chi connectivity index (χ2n) is 6.86. The van der Waals surface area contributed by atoms with Gasteiger partial charge in [0.15, 0.2) is 0 Å². The van der Waals surface area contributed by atoms with E-state index in [1.807, 2.05) is 44.0 Å². The van der Waals surface area contributed by atoms with Crippen LogP contribution in [-0.4, -0.2) is 38.7 Å². The van der Waals surface area contributed by atoms with E-state index < -0.39 is 10.0 Å². The van der Waals surface area contributed by atoms with Crippen molar-refractivity contribution in [3.8, 4) is 0 Å². The fraction of sp³-hybridized carbons (Fsp3) is 0.300. The zero-order valence-electron chi connectivity index (χ0n) is 15.7. The van der Waals surface area contributed by atoms with E-state index in [0.717, 1.165) is 24.1 Å². The maximum Gasteiger partial charge on any atom is 0.283 e. The lowest BCUT2D eigenvalue weighted by molar-refractivity contribution is 0.102. The molecule has 0 radical (unpaired) electrons. The first kappa shape index (κ1) is 19.1. The largest absolute Gasteiger partial charge is 0.362 e. The van der Waals surface area contributed by atoms with Crippen molar-refractivity contribution in [3.63, 3.8) is 0 Å². The van der Waals surface area contributed by atoms with Gasteiger partial charge in [-0.25, -0.2) is 0 Å². The molecule has 2 aromatic carbocycles. The summed E-state index contributed by atoms with van der Waals surface area (Å²) < 4.78 is 28.9. The Hall–Kier alpha value is -2.67. The Balaban J connectivity index is 1.76. The van der Waals surface area contributed by atoms with Gasteiger partial charge in [0, 0.05) is 31.3 Å². The van der Waals surface area contributed by atoms with E-state index in [2.05, 4.69) is 9.71 Å². The molecule has 1 aliphatic heterocycles. The lowest BCUT2D eigenvalue weighted by Gasteiger charge is -2.11. The molecule has 1 amide bonds. The standard InChI is InChI=1S/C20H23N3O3S/c1-14-11-15(2)13-16(12-14)20(24)21-17-6-8-18(9-7-17)27(25,26)22-19-5-4-10-23(19)3/h6-9,11-13H,4-5,10H2,1-3H3,(H,21,24). The minimum Gasteiger partial charge on any atom is -0.362 e. The molecule has 0 aromatic heterocycles. The zero-order chi connectivity index (χ0) is 19.6. The number of hydrogen-bond acceptors (Lipinski definition) is 3. The first-order chi connectivity index (χ1) is 12.7. The summed E-state index contributed by atoms with van der Waals surface area (Å²) in [5.41, 5.74) is 3.12. The third-order valence-corrected chi connectivity index (χ3v) is 5.77. The molecule has 3 rings (SSSR count). The smallest absolute Gasteiger partial charge is 0.283 e. The van der Waals surface area contributed by atoms with Crippen LogP contribution in [0.4, 0.5) is 5.69 Å². The van der Waals surface area contributed by atoms with Gasteiger partial charge in [0.2, 0.25) is 0 Å². The summed E-state index contributed by atoms with van der Waals surface area (Å²) in [5.74, 6) is 0.354. The molecule has 27 heavy (non-hydrogen) atoms. The Kier molecular flexibility index (Phi) is 5.32. The Morgan fingerprint density at radius 3 is 2.26 bits per heavy atom. The van der Waals surface area contributed by atoms with Crippen molar-refractivity contribution in [1.29, 1.82) is 0 Å². The third-order valence-electron chi connectivity index (χ3n) is 4.45. The number of rotatable bonds is 4. The van der Waals surface area contributed by atoms with Crippen molar-refractivity contribution in [3.05, 3.63) is 59.2 Å². The first-order valence-corrected chi connectivity index (χ1v) is 10.2. The van der Waals surface area contributed by atoms with E-state index in [0.29, 0.717) is 23.5 Å². The summed E-state index contributed by atoms with van der Waals surface area (Å²) in [5, 5.41) is 2.79. The van der Waals surface area contributed by atoms with Crippen LogP contribution in [0.1, 0.15) is 34.3 Å². The number of hydrogen-bond donors (Lipinski definition) is 1. The van der Waals surface area contributed by atoms with Crippen molar-refractivity contribution < 1.29 is 13.2 Å². The molecule has 7 heteroatoms. The molecule has 0 bridgehead atoms. The van der Waals surface area contributed by atoms with Crippen LogP contribution < -0.4 is 5.32 Å². The molecule has 1 saturated heterocycles. The van der Waals surface area contributed by atoms with Gasteiger partial charge < -0.3 is 10.2 Å². The van der Waals surface area contributed by atoms with Gasteiger partial charge in [-0.05, 0) is 56.7 Å². The minimum absolute atomic E-state index is 0.111. The number of aryl methyl sites for hydroxylation is 2. The van der Waals surface area contributed by atoms with E-state index in [1.54, 1.807) is 12.1 Å². The lowest BCUT2D eigenvalue weighted by Crippen LogP contribution is -2.20. The maximum absolute atomic E-state index is 12.5. The van der Waals surface area contributed by atoms with Gasteiger partial charge in [-0.1, -0.05) is 17.2 Å². The second kappa shape index (κ2) is 7.52. The number of carbonyl (C=O) groups is 1. The van der Waals surface area contributed by atoms with E-state index >= 15 is 0 Å². The number of benzene rings is 2. The van der Waals surface area contributed by atoms with Gasteiger partial charge in [-0.3, -0.25) is 4.79 Å². The summed E-state index contributed by atoms with van der Waals surface area (Å²) >= 11 is 0. The van der Waals surface area contributed by atoms with Crippen LogP contribution in [0.3, 0.4) is 0 Å². The Morgan fingerprint density at radius 2 is 1.70 bits per heavy atom. The highest BCUT2D eigenvalue weighted by atomic mass is 32.2.